The van der Waals surface area contributed by atoms with E-state index in [0.29, 0.717) is 11.5 Å². The number of nitrogens with zero attached hydrogens (tertiary/aromatic N) is 2. The van der Waals surface area contributed by atoms with E-state index in [9.17, 15) is 14.7 Å². The van der Waals surface area contributed by atoms with Gasteiger partial charge in [0.05, 0.1) is 5.56 Å². The Morgan fingerprint density at radius 1 is 1.12 bits per heavy atom. The summed E-state index contributed by atoms with van der Waals surface area (Å²) in [6.45, 7) is 3.44. The van der Waals surface area contributed by atoms with Crippen LogP contribution in [-0.4, -0.2) is 39.5 Å². The lowest BCUT2D eigenvalue weighted by molar-refractivity contribution is 0.0680. The van der Waals surface area contributed by atoms with Gasteiger partial charge in [-0.3, -0.25) is 4.79 Å². The highest BCUT2D eigenvalue weighted by atomic mass is 16.4. The molecule has 1 saturated heterocycles. The molecule has 3 rings (SSSR count). The second kappa shape index (κ2) is 7.13. The van der Waals surface area contributed by atoms with Crippen LogP contribution in [0.1, 0.15) is 44.9 Å². The smallest absolute Gasteiger partial charge is 0.335 e. The zero-order valence-electron chi connectivity index (χ0n) is 14.7. The Labute approximate surface area is 147 Å². The van der Waals surface area contributed by atoms with Crippen molar-refractivity contribution in [2.45, 2.75) is 26.2 Å². The predicted molar refractivity (Wildman–Crippen MR) is 95.9 cm³/mol. The van der Waals surface area contributed by atoms with Gasteiger partial charge in [0, 0.05) is 25.8 Å². The van der Waals surface area contributed by atoms with Crippen LogP contribution < -0.4 is 0 Å². The first kappa shape index (κ1) is 17.3. The van der Waals surface area contributed by atoms with E-state index in [1.807, 2.05) is 47.7 Å². The van der Waals surface area contributed by atoms with E-state index >= 15 is 0 Å². The Morgan fingerprint density at radius 3 is 2.40 bits per heavy atom. The van der Waals surface area contributed by atoms with Gasteiger partial charge in [0.15, 0.2) is 0 Å². The number of carboxylic acid groups (broad SMARTS) is 1. The van der Waals surface area contributed by atoms with Gasteiger partial charge in [0.25, 0.3) is 5.91 Å². The summed E-state index contributed by atoms with van der Waals surface area (Å²) in [5, 5.41) is 9.31. The van der Waals surface area contributed by atoms with Crippen LogP contribution in [-0.2, 0) is 13.5 Å². The first-order valence-electron chi connectivity index (χ1n) is 8.70. The normalized spacial score (nSPS) is 15.4. The molecule has 1 aromatic heterocycles. The zero-order valence-corrected chi connectivity index (χ0v) is 14.7. The number of carboxylic acids is 1. The summed E-state index contributed by atoms with van der Waals surface area (Å²) in [6, 6.07) is 11.0. The van der Waals surface area contributed by atoms with E-state index in [0.717, 1.165) is 49.3 Å². The van der Waals surface area contributed by atoms with Crippen molar-refractivity contribution < 1.29 is 14.7 Å². The minimum Gasteiger partial charge on any atom is -0.478 e. The van der Waals surface area contributed by atoms with Gasteiger partial charge in [-0.25, -0.2) is 4.79 Å². The molecule has 0 atom stereocenters. The van der Waals surface area contributed by atoms with Crippen LogP contribution in [0.4, 0.5) is 0 Å². The fraction of sp³-hybridized carbons (Fsp3) is 0.400. The lowest BCUT2D eigenvalue weighted by atomic mass is 9.88. The zero-order chi connectivity index (χ0) is 18.0. The molecule has 0 spiro atoms. The van der Waals surface area contributed by atoms with Gasteiger partial charge in [-0.2, -0.15) is 0 Å². The van der Waals surface area contributed by atoms with E-state index in [1.54, 1.807) is 12.1 Å². The number of carbonyl (C=O) groups excluding carboxylic acids is 1. The van der Waals surface area contributed by atoms with Crippen molar-refractivity contribution in [1.82, 2.24) is 9.47 Å². The maximum atomic E-state index is 12.7. The van der Waals surface area contributed by atoms with Crippen LogP contribution in [0.25, 0.3) is 0 Å². The minimum absolute atomic E-state index is 0.0833. The largest absolute Gasteiger partial charge is 0.478 e. The van der Waals surface area contributed by atoms with Gasteiger partial charge in [0.2, 0.25) is 0 Å². The van der Waals surface area contributed by atoms with E-state index in [-0.39, 0.29) is 5.91 Å². The second-order valence-electron chi connectivity index (χ2n) is 6.82. The van der Waals surface area contributed by atoms with Crippen LogP contribution >= 0.6 is 0 Å². The summed E-state index contributed by atoms with van der Waals surface area (Å²) in [5.74, 6) is -0.373. The predicted octanol–water partition coefficient (Wildman–Crippen LogP) is 3.13. The molecule has 1 fully saturated rings. The summed E-state index contributed by atoms with van der Waals surface area (Å²) in [4.78, 5) is 25.9. The van der Waals surface area contributed by atoms with E-state index in [2.05, 4.69) is 0 Å². The minimum atomic E-state index is -0.873. The highest BCUT2D eigenvalue weighted by molar-refractivity contribution is 5.93. The second-order valence-corrected chi connectivity index (χ2v) is 6.82. The Hall–Kier alpha value is -2.56. The summed E-state index contributed by atoms with van der Waals surface area (Å²) >= 11 is 0. The lowest BCUT2D eigenvalue weighted by Crippen LogP contribution is -2.39. The summed E-state index contributed by atoms with van der Waals surface area (Å²) in [7, 11) is 1.91. The number of carbonyl (C=O) groups is 2. The van der Waals surface area contributed by atoms with Crippen molar-refractivity contribution in [2.24, 2.45) is 13.0 Å². The molecule has 1 aromatic carbocycles. The number of aryl methyl sites for hydroxylation is 1. The molecular formula is C20H24N2O3. The average Bonchev–Trinajstić information content (AvgIpc) is 2.94. The number of piperidine rings is 1. The van der Waals surface area contributed by atoms with Crippen molar-refractivity contribution in [2.75, 3.05) is 13.1 Å². The Morgan fingerprint density at radius 2 is 1.80 bits per heavy atom. The number of hydrogen-bond acceptors (Lipinski definition) is 2. The van der Waals surface area contributed by atoms with Crippen molar-refractivity contribution in [1.29, 1.82) is 0 Å². The molecule has 0 aliphatic carbocycles. The Bertz CT molecular complexity index is 786. The molecule has 5 heteroatoms. The van der Waals surface area contributed by atoms with Gasteiger partial charge < -0.3 is 14.6 Å². The monoisotopic (exact) mass is 340 g/mol. The number of aromatic nitrogens is 1. The van der Waals surface area contributed by atoms with Gasteiger partial charge >= 0.3 is 5.97 Å². The quantitative estimate of drug-likeness (QED) is 0.930. The van der Waals surface area contributed by atoms with Gasteiger partial charge in [-0.05, 0) is 55.9 Å². The Kier molecular flexibility index (Phi) is 4.93. The molecule has 1 aliphatic rings. The highest BCUT2D eigenvalue weighted by Gasteiger charge is 2.26. The molecule has 1 aliphatic heterocycles. The third-order valence-electron chi connectivity index (χ3n) is 5.25. The molecule has 2 heterocycles. The molecule has 0 unspecified atom stereocenters. The molecule has 1 N–H and O–H groups in total. The number of amides is 1. The average molecular weight is 340 g/mol. The summed E-state index contributed by atoms with van der Waals surface area (Å²) in [6.07, 6.45) is 2.57. The van der Waals surface area contributed by atoms with Gasteiger partial charge in [-0.1, -0.05) is 18.2 Å². The van der Waals surface area contributed by atoms with E-state index < -0.39 is 5.97 Å². The number of hydrogen-bond donors (Lipinski definition) is 1. The number of aromatic carboxylic acids is 1. The first-order chi connectivity index (χ1) is 12.0. The third-order valence-corrected chi connectivity index (χ3v) is 5.25. The third kappa shape index (κ3) is 3.60. The molecule has 1 amide bonds. The molecule has 0 saturated carbocycles. The molecule has 25 heavy (non-hydrogen) atoms. The van der Waals surface area contributed by atoms with Crippen LogP contribution in [0.5, 0.6) is 0 Å². The number of benzene rings is 1. The van der Waals surface area contributed by atoms with Crippen molar-refractivity contribution in [3.63, 3.8) is 0 Å². The number of rotatable bonds is 4. The standard InChI is InChI=1S/C20H24N2O3/c1-14-7-8-18(21(14)2)19(23)22-11-9-15(10-12-22)13-16-5-3-4-6-17(16)20(24)25/h3-8,15H,9-13H2,1-2H3,(H,24,25). The SMILES string of the molecule is Cc1ccc(C(=O)N2CCC(Cc3ccccc3C(=O)O)CC2)n1C. The van der Waals surface area contributed by atoms with Gasteiger partial charge in [0.1, 0.15) is 5.69 Å². The van der Waals surface area contributed by atoms with E-state index in [4.69, 9.17) is 0 Å². The fourth-order valence-corrected chi connectivity index (χ4v) is 3.55. The Balaban J connectivity index is 1.62. The van der Waals surface area contributed by atoms with Crippen molar-refractivity contribution in [3.05, 3.63) is 58.9 Å². The van der Waals surface area contributed by atoms with E-state index in [1.165, 1.54) is 0 Å². The molecule has 0 bridgehead atoms. The van der Waals surface area contributed by atoms with Crippen molar-refractivity contribution >= 4 is 11.9 Å². The number of likely N-dealkylation sites (tertiary alicyclic amines) is 1. The first-order valence-corrected chi connectivity index (χ1v) is 8.70. The van der Waals surface area contributed by atoms with Gasteiger partial charge in [-0.15, -0.1) is 0 Å². The van der Waals surface area contributed by atoms with Crippen LogP contribution in [0, 0.1) is 12.8 Å². The topological polar surface area (TPSA) is 62.5 Å². The van der Waals surface area contributed by atoms with Crippen LogP contribution in [0.15, 0.2) is 36.4 Å². The molecule has 132 valence electrons. The summed E-state index contributed by atoms with van der Waals surface area (Å²) < 4.78 is 1.93. The fourth-order valence-electron chi connectivity index (χ4n) is 3.55. The lowest BCUT2D eigenvalue weighted by Gasteiger charge is -2.32. The highest BCUT2D eigenvalue weighted by Crippen LogP contribution is 2.24. The molecule has 2 aromatic rings. The van der Waals surface area contributed by atoms with Crippen LogP contribution in [0.3, 0.4) is 0 Å². The molecule has 0 radical (unpaired) electrons. The van der Waals surface area contributed by atoms with Crippen molar-refractivity contribution in [3.8, 4) is 0 Å². The summed E-state index contributed by atoms with van der Waals surface area (Å²) in [5.41, 5.74) is 3.08. The maximum Gasteiger partial charge on any atom is 0.335 e. The molecule has 5 nitrogen and oxygen atoms in total. The maximum absolute atomic E-state index is 12.7. The van der Waals surface area contributed by atoms with Crippen LogP contribution in [0.2, 0.25) is 0 Å². The molecular weight excluding hydrogens is 316 g/mol.